The molecule has 0 aliphatic heterocycles. The maximum atomic E-state index is 6.19. The Bertz CT molecular complexity index is 458. The molecule has 2 aromatic carbocycles. The minimum atomic E-state index is -0.922. The van der Waals surface area contributed by atoms with Gasteiger partial charge in [-0.2, -0.15) is 0 Å². The van der Waals surface area contributed by atoms with Gasteiger partial charge in [0.2, 0.25) is 0 Å². The van der Waals surface area contributed by atoms with E-state index in [1.807, 2.05) is 61.5 Å². The summed E-state index contributed by atoms with van der Waals surface area (Å²) in [5, 5.41) is 0. The van der Waals surface area contributed by atoms with Crippen molar-refractivity contribution in [3.05, 3.63) is 71.3 Å². The summed E-state index contributed by atoms with van der Waals surface area (Å²) >= 11 is 0. The Hall–Kier alpha value is -1.64. The summed E-state index contributed by atoms with van der Waals surface area (Å²) in [4.78, 5) is 0. The highest BCUT2D eigenvalue weighted by atomic mass is 15.0. The summed E-state index contributed by atoms with van der Waals surface area (Å²) in [6.07, 6.45) is 0. The van der Waals surface area contributed by atoms with E-state index in [-0.39, 0.29) is 0 Å². The average Bonchev–Trinajstić information content (AvgIpc) is 2.31. The maximum absolute atomic E-state index is 6.19. The van der Waals surface area contributed by atoms with Crippen LogP contribution < -0.4 is 11.5 Å². The van der Waals surface area contributed by atoms with E-state index in [4.69, 9.17) is 11.5 Å². The van der Waals surface area contributed by atoms with Crippen LogP contribution in [0.15, 0.2) is 54.6 Å². The first-order chi connectivity index (χ1) is 7.60. The minimum Gasteiger partial charge on any atom is -0.306 e. The number of aryl methyl sites for hydroxylation is 1. The van der Waals surface area contributed by atoms with E-state index in [1.165, 1.54) is 5.56 Å². The summed E-state index contributed by atoms with van der Waals surface area (Å²) in [5.41, 5.74) is 14.5. The highest BCUT2D eigenvalue weighted by molar-refractivity contribution is 5.37. The summed E-state index contributed by atoms with van der Waals surface area (Å²) in [6, 6.07) is 17.7. The average molecular weight is 212 g/mol. The quantitative estimate of drug-likeness (QED) is 0.749. The molecule has 82 valence electrons. The third kappa shape index (κ3) is 1.98. The lowest BCUT2D eigenvalue weighted by Crippen LogP contribution is -2.47. The normalized spacial score (nSPS) is 11.4. The maximum Gasteiger partial charge on any atom is 0.116 e. The Morgan fingerprint density at radius 1 is 0.750 bits per heavy atom. The first-order valence-electron chi connectivity index (χ1n) is 5.31. The Morgan fingerprint density at radius 2 is 1.25 bits per heavy atom. The van der Waals surface area contributed by atoms with E-state index in [0.29, 0.717) is 0 Å². The highest BCUT2D eigenvalue weighted by Crippen LogP contribution is 2.21. The number of nitrogens with two attached hydrogens (primary N) is 2. The summed E-state index contributed by atoms with van der Waals surface area (Å²) < 4.78 is 0. The van der Waals surface area contributed by atoms with Crippen LogP contribution in [0.1, 0.15) is 16.7 Å². The van der Waals surface area contributed by atoms with Gasteiger partial charge >= 0.3 is 0 Å². The predicted molar refractivity (Wildman–Crippen MR) is 66.8 cm³/mol. The largest absolute Gasteiger partial charge is 0.306 e. The molecule has 0 aliphatic carbocycles. The van der Waals surface area contributed by atoms with Crippen LogP contribution in [0.3, 0.4) is 0 Å². The van der Waals surface area contributed by atoms with E-state index in [2.05, 4.69) is 0 Å². The molecule has 0 aromatic heterocycles. The van der Waals surface area contributed by atoms with Gasteiger partial charge in [-0.15, -0.1) is 0 Å². The first kappa shape index (κ1) is 10.9. The molecule has 0 amide bonds. The summed E-state index contributed by atoms with van der Waals surface area (Å²) in [7, 11) is 0. The van der Waals surface area contributed by atoms with Gasteiger partial charge < -0.3 is 11.5 Å². The molecule has 0 saturated heterocycles. The van der Waals surface area contributed by atoms with Crippen molar-refractivity contribution in [2.24, 2.45) is 11.5 Å². The van der Waals surface area contributed by atoms with Crippen LogP contribution in [0.4, 0.5) is 0 Å². The van der Waals surface area contributed by atoms with Crippen molar-refractivity contribution >= 4 is 0 Å². The van der Waals surface area contributed by atoms with Gasteiger partial charge in [0.25, 0.3) is 0 Å². The molecule has 0 spiro atoms. The van der Waals surface area contributed by atoms with E-state index >= 15 is 0 Å². The molecule has 0 heterocycles. The Balaban J connectivity index is 2.43. The van der Waals surface area contributed by atoms with Crippen LogP contribution in [0, 0.1) is 6.92 Å². The molecular formula is C14H16N2. The number of benzene rings is 2. The fourth-order valence-corrected chi connectivity index (χ4v) is 1.71. The van der Waals surface area contributed by atoms with Gasteiger partial charge in [-0.05, 0) is 18.1 Å². The topological polar surface area (TPSA) is 52.0 Å². The highest BCUT2D eigenvalue weighted by Gasteiger charge is 2.23. The fourth-order valence-electron chi connectivity index (χ4n) is 1.71. The zero-order valence-corrected chi connectivity index (χ0v) is 9.35. The number of hydrogen-bond acceptors (Lipinski definition) is 2. The number of rotatable bonds is 2. The van der Waals surface area contributed by atoms with Crippen LogP contribution in [-0.2, 0) is 5.66 Å². The Kier molecular flexibility index (Phi) is 2.77. The van der Waals surface area contributed by atoms with Gasteiger partial charge in [0, 0.05) is 0 Å². The molecule has 4 N–H and O–H groups in total. The molecule has 0 saturated carbocycles. The zero-order chi connectivity index (χ0) is 11.6. The van der Waals surface area contributed by atoms with Crippen molar-refractivity contribution in [2.75, 3.05) is 0 Å². The molecule has 0 aliphatic rings. The zero-order valence-electron chi connectivity index (χ0n) is 9.35. The Morgan fingerprint density at radius 3 is 1.81 bits per heavy atom. The van der Waals surface area contributed by atoms with E-state index in [9.17, 15) is 0 Å². The third-order valence-electron chi connectivity index (χ3n) is 2.78. The van der Waals surface area contributed by atoms with Gasteiger partial charge in [0.15, 0.2) is 0 Å². The van der Waals surface area contributed by atoms with Crippen LogP contribution >= 0.6 is 0 Å². The Labute approximate surface area is 95.9 Å². The monoisotopic (exact) mass is 212 g/mol. The lowest BCUT2D eigenvalue weighted by atomic mass is 9.92. The van der Waals surface area contributed by atoms with Crippen molar-refractivity contribution < 1.29 is 0 Å². The summed E-state index contributed by atoms with van der Waals surface area (Å²) in [6.45, 7) is 2.04. The molecule has 2 aromatic rings. The predicted octanol–water partition coefficient (Wildman–Crippen LogP) is 2.11. The van der Waals surface area contributed by atoms with E-state index < -0.39 is 5.66 Å². The third-order valence-corrected chi connectivity index (χ3v) is 2.78. The second-order valence-corrected chi connectivity index (χ2v) is 4.10. The van der Waals surface area contributed by atoms with Crippen LogP contribution in [0.2, 0.25) is 0 Å². The molecule has 16 heavy (non-hydrogen) atoms. The smallest absolute Gasteiger partial charge is 0.116 e. The summed E-state index contributed by atoms with van der Waals surface area (Å²) in [5.74, 6) is 0. The molecular weight excluding hydrogens is 196 g/mol. The van der Waals surface area contributed by atoms with Gasteiger partial charge in [-0.3, -0.25) is 0 Å². The fraction of sp³-hybridized carbons (Fsp3) is 0.143. The molecule has 0 bridgehead atoms. The molecule has 2 heteroatoms. The lowest BCUT2D eigenvalue weighted by molar-refractivity contribution is 0.567. The van der Waals surface area contributed by atoms with Crippen LogP contribution in [0.25, 0.3) is 0 Å². The van der Waals surface area contributed by atoms with Crippen molar-refractivity contribution in [3.8, 4) is 0 Å². The molecule has 0 radical (unpaired) electrons. The van der Waals surface area contributed by atoms with Crippen molar-refractivity contribution in [2.45, 2.75) is 12.6 Å². The molecule has 2 rings (SSSR count). The van der Waals surface area contributed by atoms with Crippen LogP contribution in [0.5, 0.6) is 0 Å². The van der Waals surface area contributed by atoms with Gasteiger partial charge in [0.05, 0.1) is 0 Å². The molecule has 0 atom stereocenters. The second kappa shape index (κ2) is 4.08. The first-order valence-corrected chi connectivity index (χ1v) is 5.31. The van der Waals surface area contributed by atoms with Crippen molar-refractivity contribution in [1.29, 1.82) is 0 Å². The SMILES string of the molecule is Cc1ccc(C(N)(N)c2ccccc2)cc1. The van der Waals surface area contributed by atoms with Gasteiger partial charge in [0.1, 0.15) is 5.66 Å². The molecule has 0 unspecified atom stereocenters. The van der Waals surface area contributed by atoms with Crippen molar-refractivity contribution in [1.82, 2.24) is 0 Å². The van der Waals surface area contributed by atoms with Crippen LogP contribution in [-0.4, -0.2) is 0 Å². The van der Waals surface area contributed by atoms with E-state index in [0.717, 1.165) is 11.1 Å². The standard InChI is InChI=1S/C14H16N2/c1-11-7-9-13(10-8-11)14(15,16)12-5-3-2-4-6-12/h2-10H,15-16H2,1H3. The molecule has 0 fully saturated rings. The number of hydrogen-bond donors (Lipinski definition) is 2. The van der Waals surface area contributed by atoms with Crippen molar-refractivity contribution in [3.63, 3.8) is 0 Å². The van der Waals surface area contributed by atoms with Gasteiger partial charge in [-0.1, -0.05) is 60.2 Å². The minimum absolute atomic E-state index is 0.916. The second-order valence-electron chi connectivity index (χ2n) is 4.10. The molecule has 2 nitrogen and oxygen atoms in total. The van der Waals surface area contributed by atoms with Gasteiger partial charge in [-0.25, -0.2) is 0 Å². The van der Waals surface area contributed by atoms with E-state index in [1.54, 1.807) is 0 Å². The lowest BCUT2D eigenvalue weighted by Gasteiger charge is -2.25.